The van der Waals surface area contributed by atoms with Crippen molar-refractivity contribution in [1.82, 2.24) is 0 Å². The normalized spacial score (nSPS) is 11.7. The molecule has 0 saturated heterocycles. The van der Waals surface area contributed by atoms with E-state index in [9.17, 15) is 14.9 Å². The highest BCUT2D eigenvalue weighted by molar-refractivity contribution is 5.72. The summed E-state index contributed by atoms with van der Waals surface area (Å²) in [6.07, 6.45) is -1.18. The van der Waals surface area contributed by atoms with E-state index >= 15 is 0 Å². The summed E-state index contributed by atoms with van der Waals surface area (Å²) in [6, 6.07) is 4.03. The highest BCUT2D eigenvalue weighted by Crippen LogP contribution is 2.31. The van der Waals surface area contributed by atoms with Gasteiger partial charge in [0.2, 0.25) is 0 Å². The van der Waals surface area contributed by atoms with Gasteiger partial charge in [0, 0.05) is 6.61 Å². The smallest absolute Gasteiger partial charge is 0.336 e. The van der Waals surface area contributed by atoms with E-state index in [0.717, 1.165) is 0 Å². The van der Waals surface area contributed by atoms with Gasteiger partial charge >= 0.3 is 11.7 Å². The second-order valence-electron chi connectivity index (χ2n) is 3.68. The minimum Gasteiger partial charge on any atom is -0.496 e. The van der Waals surface area contributed by atoms with Crippen LogP contribution >= 0.6 is 0 Å². The maximum absolute atomic E-state index is 10.9. The zero-order chi connectivity index (χ0) is 15.1. The Labute approximate surface area is 115 Å². The first-order valence-electron chi connectivity index (χ1n) is 5.79. The summed E-state index contributed by atoms with van der Waals surface area (Å²) in [5.74, 6) is -0.923. The number of rotatable bonds is 8. The van der Waals surface area contributed by atoms with Gasteiger partial charge in [0.1, 0.15) is 12.4 Å². The lowest BCUT2D eigenvalue weighted by Gasteiger charge is -2.13. The maximum atomic E-state index is 10.9. The summed E-state index contributed by atoms with van der Waals surface area (Å²) >= 11 is 0. The second-order valence-corrected chi connectivity index (χ2v) is 3.68. The number of ether oxygens (including phenoxy) is 3. The fourth-order valence-corrected chi connectivity index (χ4v) is 1.45. The zero-order valence-corrected chi connectivity index (χ0v) is 11.1. The third-order valence-electron chi connectivity index (χ3n) is 2.40. The standard InChI is InChI=1S/C12H15NO7/c1-3-19-11(12(14)15)7-20-10-5-4-8(18-2)6-9(10)13(16)17/h4-6,11H,3,7H2,1-2H3,(H,14,15). The van der Waals surface area contributed by atoms with Crippen molar-refractivity contribution >= 4 is 11.7 Å². The number of hydrogen-bond donors (Lipinski definition) is 1. The summed E-state index contributed by atoms with van der Waals surface area (Å²) in [5.41, 5.74) is -0.301. The largest absolute Gasteiger partial charge is 0.496 e. The molecule has 1 aromatic rings. The Morgan fingerprint density at radius 2 is 2.20 bits per heavy atom. The summed E-state index contributed by atoms with van der Waals surface area (Å²) in [7, 11) is 1.38. The Morgan fingerprint density at radius 1 is 1.50 bits per heavy atom. The first-order chi connectivity index (χ1) is 9.49. The van der Waals surface area contributed by atoms with Gasteiger partial charge in [0.15, 0.2) is 11.9 Å². The fraction of sp³-hybridized carbons (Fsp3) is 0.417. The van der Waals surface area contributed by atoms with Gasteiger partial charge in [-0.3, -0.25) is 10.1 Å². The number of carbonyl (C=O) groups is 1. The lowest BCUT2D eigenvalue weighted by atomic mass is 10.2. The van der Waals surface area contributed by atoms with E-state index in [-0.39, 0.29) is 24.7 Å². The molecule has 1 aromatic carbocycles. The predicted molar refractivity (Wildman–Crippen MR) is 68.2 cm³/mol. The van der Waals surface area contributed by atoms with Crippen LogP contribution in [-0.4, -0.2) is 42.4 Å². The average Bonchev–Trinajstić information content (AvgIpc) is 2.42. The Balaban J connectivity index is 2.86. The SMILES string of the molecule is CCOC(COc1ccc(OC)cc1[N+](=O)[O-])C(=O)O. The molecule has 1 unspecified atom stereocenters. The topological polar surface area (TPSA) is 108 Å². The van der Waals surface area contributed by atoms with Crippen molar-refractivity contribution in [3.63, 3.8) is 0 Å². The van der Waals surface area contributed by atoms with Crippen LogP contribution in [0.2, 0.25) is 0 Å². The van der Waals surface area contributed by atoms with Gasteiger partial charge in [0.25, 0.3) is 0 Å². The molecule has 0 bridgehead atoms. The van der Waals surface area contributed by atoms with Crippen LogP contribution in [0.4, 0.5) is 5.69 Å². The lowest BCUT2D eigenvalue weighted by Crippen LogP contribution is -2.30. The molecule has 0 radical (unpaired) electrons. The van der Waals surface area contributed by atoms with Gasteiger partial charge in [0.05, 0.1) is 18.1 Å². The van der Waals surface area contributed by atoms with Crippen LogP contribution in [0.5, 0.6) is 11.5 Å². The molecule has 20 heavy (non-hydrogen) atoms. The summed E-state index contributed by atoms with van der Waals surface area (Å²) < 4.78 is 15.0. The van der Waals surface area contributed by atoms with Crippen LogP contribution in [0.25, 0.3) is 0 Å². The van der Waals surface area contributed by atoms with E-state index in [1.54, 1.807) is 6.92 Å². The Bertz CT molecular complexity index is 489. The molecular formula is C12H15NO7. The van der Waals surface area contributed by atoms with Crippen molar-refractivity contribution in [2.45, 2.75) is 13.0 Å². The van der Waals surface area contributed by atoms with Crippen LogP contribution in [0.15, 0.2) is 18.2 Å². The van der Waals surface area contributed by atoms with Gasteiger partial charge in [-0.1, -0.05) is 0 Å². The minimum atomic E-state index is -1.19. The lowest BCUT2D eigenvalue weighted by molar-refractivity contribution is -0.386. The number of methoxy groups -OCH3 is 1. The molecular weight excluding hydrogens is 270 g/mol. The van der Waals surface area contributed by atoms with Crippen molar-refractivity contribution in [3.05, 3.63) is 28.3 Å². The number of benzene rings is 1. The second kappa shape index (κ2) is 7.29. The minimum absolute atomic E-state index is 0.0400. The molecule has 0 spiro atoms. The van der Waals surface area contributed by atoms with Crippen molar-refractivity contribution in [2.75, 3.05) is 20.3 Å². The Morgan fingerprint density at radius 3 is 2.70 bits per heavy atom. The first-order valence-corrected chi connectivity index (χ1v) is 5.79. The predicted octanol–water partition coefficient (Wildman–Crippen LogP) is 1.47. The summed E-state index contributed by atoms with van der Waals surface area (Å²) in [5, 5.41) is 19.8. The number of carboxylic acids is 1. The molecule has 0 aliphatic heterocycles. The third-order valence-corrected chi connectivity index (χ3v) is 2.40. The molecule has 110 valence electrons. The van der Waals surface area contributed by atoms with Crippen molar-refractivity contribution in [2.24, 2.45) is 0 Å². The van der Waals surface area contributed by atoms with Crippen LogP contribution in [0.1, 0.15) is 6.92 Å². The van der Waals surface area contributed by atoms with E-state index in [1.807, 2.05) is 0 Å². The molecule has 8 nitrogen and oxygen atoms in total. The van der Waals surface area contributed by atoms with Gasteiger partial charge in [-0.05, 0) is 19.1 Å². The molecule has 0 amide bonds. The first kappa shape index (κ1) is 15.7. The number of carboxylic acid groups (broad SMARTS) is 1. The number of nitro benzene ring substituents is 1. The van der Waals surface area contributed by atoms with Gasteiger partial charge in [-0.2, -0.15) is 0 Å². The molecule has 1 atom stereocenters. The van der Waals surface area contributed by atoms with E-state index < -0.39 is 17.0 Å². The molecule has 1 rings (SSSR count). The Kier molecular flexibility index (Phi) is 5.73. The van der Waals surface area contributed by atoms with Crippen molar-refractivity contribution < 1.29 is 29.0 Å². The quantitative estimate of drug-likeness (QED) is 0.569. The van der Waals surface area contributed by atoms with Gasteiger partial charge < -0.3 is 19.3 Å². The monoisotopic (exact) mass is 285 g/mol. The molecule has 8 heteroatoms. The Hall–Kier alpha value is -2.35. The maximum Gasteiger partial charge on any atom is 0.336 e. The van der Waals surface area contributed by atoms with Crippen molar-refractivity contribution in [1.29, 1.82) is 0 Å². The molecule has 1 N–H and O–H groups in total. The fourth-order valence-electron chi connectivity index (χ4n) is 1.45. The van der Waals surface area contributed by atoms with E-state index in [2.05, 4.69) is 0 Å². The van der Waals surface area contributed by atoms with E-state index in [0.29, 0.717) is 5.75 Å². The number of nitro groups is 1. The molecule has 0 saturated carbocycles. The number of hydrogen-bond acceptors (Lipinski definition) is 6. The third kappa shape index (κ3) is 4.09. The van der Waals surface area contributed by atoms with Crippen LogP contribution in [-0.2, 0) is 9.53 Å². The average molecular weight is 285 g/mol. The highest BCUT2D eigenvalue weighted by Gasteiger charge is 2.22. The molecule has 0 aliphatic carbocycles. The molecule has 0 aliphatic rings. The van der Waals surface area contributed by atoms with Crippen LogP contribution in [0, 0.1) is 10.1 Å². The molecule has 0 heterocycles. The van der Waals surface area contributed by atoms with Gasteiger partial charge in [-0.15, -0.1) is 0 Å². The number of aliphatic carboxylic acids is 1. The highest BCUT2D eigenvalue weighted by atomic mass is 16.6. The summed E-state index contributed by atoms with van der Waals surface area (Å²) in [6.45, 7) is 1.52. The summed E-state index contributed by atoms with van der Waals surface area (Å²) in [4.78, 5) is 21.2. The molecule has 0 aromatic heterocycles. The number of nitrogens with zero attached hydrogens (tertiary/aromatic N) is 1. The van der Waals surface area contributed by atoms with Crippen LogP contribution < -0.4 is 9.47 Å². The molecule has 0 fully saturated rings. The van der Waals surface area contributed by atoms with E-state index in [4.69, 9.17) is 19.3 Å². The van der Waals surface area contributed by atoms with Gasteiger partial charge in [-0.25, -0.2) is 4.79 Å². The van der Waals surface area contributed by atoms with Crippen molar-refractivity contribution in [3.8, 4) is 11.5 Å². The van der Waals surface area contributed by atoms with E-state index in [1.165, 1.54) is 25.3 Å². The van der Waals surface area contributed by atoms with Crippen LogP contribution in [0.3, 0.4) is 0 Å². The zero-order valence-electron chi connectivity index (χ0n) is 11.1.